The Labute approximate surface area is 92.7 Å². The average molecular weight is 233 g/mol. The molecule has 0 N–H and O–H groups in total. The molecule has 3 nitrogen and oxygen atoms in total. The van der Waals surface area contributed by atoms with Crippen LogP contribution in [-0.4, -0.2) is 16.6 Å². The molecule has 76 valence electrons. The lowest BCUT2D eigenvalue weighted by Crippen LogP contribution is -1.93. The zero-order valence-electron chi connectivity index (χ0n) is 7.92. The van der Waals surface area contributed by atoms with Gasteiger partial charge in [0.15, 0.2) is 0 Å². The molecule has 1 rings (SSSR count). The molecule has 0 aromatic carbocycles. The van der Waals surface area contributed by atoms with Crippen molar-refractivity contribution in [2.45, 2.75) is 13.8 Å². The smallest absolute Gasteiger partial charge is 0.224 e. The van der Waals surface area contributed by atoms with E-state index in [0.717, 1.165) is 5.56 Å². The molecule has 0 radical (unpaired) electrons. The van der Waals surface area contributed by atoms with Crippen molar-refractivity contribution in [3.63, 3.8) is 0 Å². The summed E-state index contributed by atoms with van der Waals surface area (Å²) < 4.78 is 5.05. The van der Waals surface area contributed by atoms with Gasteiger partial charge in [0.1, 0.15) is 5.15 Å². The molecule has 0 aliphatic carbocycles. The second-order valence-corrected chi connectivity index (χ2v) is 3.25. The number of rotatable bonds is 3. The molecular formula is C9H10Cl2N2O. The number of ether oxygens (including phenoxy) is 1. The quantitative estimate of drug-likeness (QED) is 0.457. The molecule has 0 atom stereocenters. The second kappa shape index (κ2) is 5.17. The molecule has 0 aliphatic rings. The molecular weight excluding hydrogens is 223 g/mol. The van der Waals surface area contributed by atoms with Gasteiger partial charge in [-0.2, -0.15) is 0 Å². The Balaban J connectivity index is 2.96. The zero-order valence-corrected chi connectivity index (χ0v) is 9.43. The molecule has 5 heteroatoms. The number of nitrogens with zero attached hydrogens (tertiary/aromatic N) is 2. The van der Waals surface area contributed by atoms with E-state index >= 15 is 0 Å². The maximum atomic E-state index is 5.82. The Morgan fingerprint density at radius 3 is 2.71 bits per heavy atom. The van der Waals surface area contributed by atoms with Crippen LogP contribution in [0.3, 0.4) is 0 Å². The Bertz CT molecular complexity index is 353. The van der Waals surface area contributed by atoms with Gasteiger partial charge in [-0.05, 0) is 31.5 Å². The Morgan fingerprint density at radius 1 is 1.36 bits per heavy atom. The highest BCUT2D eigenvalue weighted by Crippen LogP contribution is 2.18. The molecule has 0 bridgehead atoms. The summed E-state index contributed by atoms with van der Waals surface area (Å²) in [5.41, 5.74) is 1.45. The monoisotopic (exact) mass is 232 g/mol. The van der Waals surface area contributed by atoms with E-state index < -0.39 is 0 Å². The van der Waals surface area contributed by atoms with Crippen molar-refractivity contribution >= 4 is 29.3 Å². The lowest BCUT2D eigenvalue weighted by molar-refractivity contribution is 0.272. The average Bonchev–Trinajstić information content (AvgIpc) is 2.13. The largest absolute Gasteiger partial charge is 0.501 e. The third kappa shape index (κ3) is 2.86. The fraction of sp³-hybridized carbons (Fsp3) is 0.333. The van der Waals surface area contributed by atoms with E-state index in [1.807, 2.05) is 13.8 Å². The highest BCUT2D eigenvalue weighted by molar-refractivity contribution is 6.32. The van der Waals surface area contributed by atoms with Gasteiger partial charge >= 0.3 is 0 Å². The van der Waals surface area contributed by atoms with E-state index in [-0.39, 0.29) is 5.28 Å². The molecule has 0 spiro atoms. The van der Waals surface area contributed by atoms with Crippen LogP contribution in [0.1, 0.15) is 18.2 Å². The third-order valence-electron chi connectivity index (χ3n) is 1.59. The van der Waals surface area contributed by atoms with Gasteiger partial charge in [0.25, 0.3) is 0 Å². The van der Waals surface area contributed by atoms with Crippen LogP contribution in [0.25, 0.3) is 6.08 Å². The molecule has 1 aromatic rings. The van der Waals surface area contributed by atoms with Gasteiger partial charge in [-0.25, -0.2) is 9.97 Å². The van der Waals surface area contributed by atoms with Gasteiger partial charge < -0.3 is 4.74 Å². The van der Waals surface area contributed by atoms with Crippen LogP contribution in [0.5, 0.6) is 0 Å². The van der Waals surface area contributed by atoms with Gasteiger partial charge in [0.2, 0.25) is 5.28 Å². The van der Waals surface area contributed by atoms with Crippen molar-refractivity contribution in [1.29, 1.82) is 0 Å². The lowest BCUT2D eigenvalue weighted by Gasteiger charge is -2.01. The molecule has 0 unspecified atom stereocenters. The number of aromatic nitrogens is 2. The van der Waals surface area contributed by atoms with Crippen LogP contribution >= 0.6 is 23.2 Å². The van der Waals surface area contributed by atoms with E-state index in [1.54, 1.807) is 12.3 Å². The van der Waals surface area contributed by atoms with Gasteiger partial charge in [0, 0.05) is 5.56 Å². The van der Waals surface area contributed by atoms with Crippen molar-refractivity contribution in [1.82, 2.24) is 9.97 Å². The van der Waals surface area contributed by atoms with E-state index in [1.165, 1.54) is 0 Å². The van der Waals surface area contributed by atoms with Crippen LogP contribution in [0.15, 0.2) is 6.26 Å². The minimum absolute atomic E-state index is 0.136. The van der Waals surface area contributed by atoms with Crippen molar-refractivity contribution in [2.75, 3.05) is 6.61 Å². The summed E-state index contributed by atoms with van der Waals surface area (Å²) in [6.45, 7) is 4.34. The number of hydrogen-bond acceptors (Lipinski definition) is 3. The van der Waals surface area contributed by atoms with Crippen molar-refractivity contribution < 1.29 is 4.74 Å². The summed E-state index contributed by atoms with van der Waals surface area (Å²) in [7, 11) is 0. The summed E-state index contributed by atoms with van der Waals surface area (Å²) in [6, 6.07) is 0. The lowest BCUT2D eigenvalue weighted by atomic mass is 10.2. The molecule has 1 heterocycles. The highest BCUT2D eigenvalue weighted by atomic mass is 35.5. The normalized spacial score (nSPS) is 10.9. The fourth-order valence-corrected chi connectivity index (χ4v) is 1.25. The van der Waals surface area contributed by atoms with E-state index in [0.29, 0.717) is 17.5 Å². The van der Waals surface area contributed by atoms with Gasteiger partial charge in [-0.15, -0.1) is 0 Å². The van der Waals surface area contributed by atoms with Crippen molar-refractivity contribution in [3.8, 4) is 0 Å². The summed E-state index contributed by atoms with van der Waals surface area (Å²) in [6.07, 6.45) is 3.26. The molecule has 0 amide bonds. The molecule has 0 aliphatic heterocycles. The topological polar surface area (TPSA) is 35.0 Å². The predicted octanol–water partition coefficient (Wildman–Crippen LogP) is 3.10. The van der Waals surface area contributed by atoms with Gasteiger partial charge in [-0.1, -0.05) is 11.6 Å². The first-order chi connectivity index (χ1) is 6.65. The Hall–Kier alpha value is -0.800. The molecule has 0 fully saturated rings. The van der Waals surface area contributed by atoms with Crippen LogP contribution in [0, 0.1) is 6.92 Å². The zero-order chi connectivity index (χ0) is 10.6. The van der Waals surface area contributed by atoms with Crippen molar-refractivity contribution in [3.05, 3.63) is 28.0 Å². The summed E-state index contributed by atoms with van der Waals surface area (Å²) >= 11 is 11.5. The Morgan fingerprint density at radius 2 is 2.07 bits per heavy atom. The maximum Gasteiger partial charge on any atom is 0.224 e. The molecule has 1 aromatic heterocycles. The number of hydrogen-bond donors (Lipinski definition) is 0. The first-order valence-electron chi connectivity index (χ1n) is 4.13. The molecule has 0 saturated carbocycles. The summed E-state index contributed by atoms with van der Waals surface area (Å²) in [5.74, 6) is 0. The van der Waals surface area contributed by atoms with E-state index in [4.69, 9.17) is 27.9 Å². The number of halogens is 2. The van der Waals surface area contributed by atoms with Crippen LogP contribution in [-0.2, 0) is 4.74 Å². The summed E-state index contributed by atoms with van der Waals surface area (Å²) in [5, 5.41) is 0.498. The summed E-state index contributed by atoms with van der Waals surface area (Å²) in [4.78, 5) is 7.82. The van der Waals surface area contributed by atoms with Crippen molar-refractivity contribution in [2.24, 2.45) is 0 Å². The maximum absolute atomic E-state index is 5.82. The minimum Gasteiger partial charge on any atom is -0.501 e. The fourth-order valence-electron chi connectivity index (χ4n) is 0.850. The van der Waals surface area contributed by atoms with Crippen LogP contribution in [0.2, 0.25) is 10.4 Å². The van der Waals surface area contributed by atoms with E-state index in [9.17, 15) is 0 Å². The first-order valence-corrected chi connectivity index (χ1v) is 4.88. The second-order valence-electron chi connectivity index (χ2n) is 2.55. The van der Waals surface area contributed by atoms with Crippen LogP contribution < -0.4 is 0 Å². The molecule has 14 heavy (non-hydrogen) atoms. The molecule has 0 saturated heterocycles. The first kappa shape index (κ1) is 11.3. The highest BCUT2D eigenvalue weighted by Gasteiger charge is 2.05. The van der Waals surface area contributed by atoms with Gasteiger partial charge in [0.05, 0.1) is 18.6 Å². The Kier molecular flexibility index (Phi) is 4.17. The van der Waals surface area contributed by atoms with Gasteiger partial charge in [-0.3, -0.25) is 0 Å². The minimum atomic E-state index is 0.136. The third-order valence-corrected chi connectivity index (χ3v) is 2.12. The standard InChI is InChI=1S/C9H10Cl2N2O/c1-3-14-5-4-7-6(2)8(10)13-9(11)12-7/h4-5H,3H2,1-2H3. The SMILES string of the molecule is CCOC=Cc1nc(Cl)nc(Cl)c1C. The van der Waals surface area contributed by atoms with E-state index in [2.05, 4.69) is 9.97 Å². The van der Waals surface area contributed by atoms with Crippen LogP contribution in [0.4, 0.5) is 0 Å². The predicted molar refractivity (Wildman–Crippen MR) is 57.4 cm³/mol.